The summed E-state index contributed by atoms with van der Waals surface area (Å²) in [5.74, 6) is 1.51. The minimum Gasteiger partial charge on any atom is -0.494 e. The summed E-state index contributed by atoms with van der Waals surface area (Å²) in [4.78, 5) is 30.0. The van der Waals surface area contributed by atoms with Crippen molar-refractivity contribution in [3.8, 4) is 22.8 Å². The molecule has 5 rings (SSSR count). The molecular formula is C24H19N3O4S. The van der Waals surface area contributed by atoms with Crippen molar-refractivity contribution in [2.75, 3.05) is 6.61 Å². The molecule has 0 amide bonds. The molecule has 4 aromatic rings. The summed E-state index contributed by atoms with van der Waals surface area (Å²) in [6.45, 7) is 4.38. The highest BCUT2D eigenvalue weighted by Gasteiger charge is 2.18. The molecule has 1 aliphatic rings. The van der Waals surface area contributed by atoms with E-state index < -0.39 is 5.56 Å². The van der Waals surface area contributed by atoms with Gasteiger partial charge in [-0.2, -0.15) is 14.6 Å². The van der Waals surface area contributed by atoms with Crippen LogP contribution in [0, 0.1) is 0 Å². The van der Waals surface area contributed by atoms with Gasteiger partial charge >= 0.3 is 5.56 Å². The van der Waals surface area contributed by atoms with Gasteiger partial charge in [-0.3, -0.25) is 9.59 Å². The molecule has 2 aromatic heterocycles. The van der Waals surface area contributed by atoms with E-state index in [4.69, 9.17) is 9.47 Å². The van der Waals surface area contributed by atoms with Crippen LogP contribution in [0.1, 0.15) is 19.4 Å². The minimum absolute atomic E-state index is 0.120. The normalized spacial score (nSPS) is 15.9. The second kappa shape index (κ2) is 8.05. The Kier molecular flexibility index (Phi) is 5.07. The van der Waals surface area contributed by atoms with Gasteiger partial charge in [0.2, 0.25) is 4.96 Å². The Morgan fingerprint density at radius 3 is 2.72 bits per heavy atom. The molecule has 0 saturated heterocycles. The molecule has 0 fully saturated rings. The minimum atomic E-state index is -0.482. The van der Waals surface area contributed by atoms with Gasteiger partial charge in [-0.05, 0) is 61.9 Å². The third kappa shape index (κ3) is 3.58. The summed E-state index contributed by atoms with van der Waals surface area (Å²) in [5.41, 5.74) is 1.71. The topological polar surface area (TPSA) is 82.8 Å². The second-order valence-electron chi connectivity index (χ2n) is 7.28. The van der Waals surface area contributed by atoms with Crippen molar-refractivity contribution in [3.63, 3.8) is 0 Å². The number of hydrogen-bond donors (Lipinski definition) is 0. The Hall–Kier alpha value is -3.78. The fourth-order valence-electron chi connectivity index (χ4n) is 3.54. The Morgan fingerprint density at radius 2 is 1.94 bits per heavy atom. The fourth-order valence-corrected chi connectivity index (χ4v) is 4.44. The van der Waals surface area contributed by atoms with Crippen LogP contribution in [0.5, 0.6) is 11.5 Å². The monoisotopic (exact) mass is 445 g/mol. The molecular weight excluding hydrogens is 426 g/mol. The molecule has 1 aliphatic heterocycles. The van der Waals surface area contributed by atoms with Crippen LogP contribution in [0.25, 0.3) is 28.4 Å². The first-order valence-corrected chi connectivity index (χ1v) is 11.0. The van der Waals surface area contributed by atoms with Crippen molar-refractivity contribution >= 4 is 28.4 Å². The van der Waals surface area contributed by atoms with Gasteiger partial charge in [-0.1, -0.05) is 29.5 Å². The fraction of sp³-hybridized carbons (Fsp3) is 0.167. The maximum atomic E-state index is 13.0. The molecule has 0 bridgehead atoms. The highest BCUT2D eigenvalue weighted by atomic mass is 32.1. The van der Waals surface area contributed by atoms with Gasteiger partial charge in [0.1, 0.15) is 17.6 Å². The van der Waals surface area contributed by atoms with Crippen LogP contribution in [0.4, 0.5) is 0 Å². The molecule has 1 atom stereocenters. The van der Waals surface area contributed by atoms with Crippen LogP contribution < -0.4 is 25.1 Å². The van der Waals surface area contributed by atoms with Crippen molar-refractivity contribution < 1.29 is 9.47 Å². The number of hydrogen-bond acceptors (Lipinski definition) is 7. The number of ether oxygens (including phenoxy) is 2. The lowest BCUT2D eigenvalue weighted by Gasteiger charge is -2.22. The molecule has 0 aliphatic carbocycles. The number of thiazole rings is 1. The summed E-state index contributed by atoms with van der Waals surface area (Å²) in [7, 11) is 0. The van der Waals surface area contributed by atoms with E-state index in [0.717, 1.165) is 28.2 Å². The average molecular weight is 446 g/mol. The van der Waals surface area contributed by atoms with Gasteiger partial charge in [-0.15, -0.1) is 0 Å². The van der Waals surface area contributed by atoms with Gasteiger partial charge in [-0.25, -0.2) is 0 Å². The van der Waals surface area contributed by atoms with Crippen molar-refractivity contribution in [1.82, 2.24) is 14.6 Å². The highest BCUT2D eigenvalue weighted by Crippen LogP contribution is 2.29. The third-order valence-corrected chi connectivity index (χ3v) is 6.10. The highest BCUT2D eigenvalue weighted by molar-refractivity contribution is 7.15. The van der Waals surface area contributed by atoms with Crippen LogP contribution in [0.15, 0.2) is 63.7 Å². The van der Waals surface area contributed by atoms with E-state index in [-0.39, 0.29) is 22.3 Å². The lowest BCUT2D eigenvalue weighted by atomic mass is 10.0. The predicted octanol–water partition coefficient (Wildman–Crippen LogP) is 2.94. The van der Waals surface area contributed by atoms with E-state index >= 15 is 0 Å². The number of rotatable bonds is 4. The van der Waals surface area contributed by atoms with Crippen LogP contribution in [-0.4, -0.2) is 27.3 Å². The van der Waals surface area contributed by atoms with E-state index in [2.05, 4.69) is 10.1 Å². The zero-order valence-corrected chi connectivity index (χ0v) is 18.3. The summed E-state index contributed by atoms with van der Waals surface area (Å²) in [6, 6.07) is 14.7. The van der Waals surface area contributed by atoms with Gasteiger partial charge in [0.15, 0.2) is 5.69 Å². The van der Waals surface area contributed by atoms with Crippen molar-refractivity contribution in [2.45, 2.75) is 20.0 Å². The first-order chi connectivity index (χ1) is 15.5. The molecule has 0 saturated carbocycles. The van der Waals surface area contributed by atoms with E-state index in [1.54, 1.807) is 30.3 Å². The van der Waals surface area contributed by atoms with Crippen molar-refractivity contribution in [3.05, 3.63) is 84.9 Å². The van der Waals surface area contributed by atoms with Gasteiger partial charge in [0, 0.05) is 11.1 Å². The smallest absolute Gasteiger partial charge is 0.300 e. The summed E-state index contributed by atoms with van der Waals surface area (Å²) < 4.78 is 13.0. The van der Waals surface area contributed by atoms with E-state index in [9.17, 15) is 9.59 Å². The Labute approximate surface area is 186 Å². The number of aromatic nitrogens is 3. The molecule has 3 heterocycles. The molecule has 160 valence electrons. The molecule has 1 unspecified atom stereocenters. The summed E-state index contributed by atoms with van der Waals surface area (Å²) >= 11 is 1.13. The predicted molar refractivity (Wildman–Crippen MR) is 124 cm³/mol. The number of nitrogens with zero attached hydrogens (tertiary/aromatic N) is 3. The number of para-hydroxylation sites is 1. The molecule has 7 nitrogen and oxygen atoms in total. The first-order valence-electron chi connectivity index (χ1n) is 10.2. The van der Waals surface area contributed by atoms with Crippen LogP contribution >= 0.6 is 11.3 Å². The van der Waals surface area contributed by atoms with E-state index in [1.165, 1.54) is 4.52 Å². The van der Waals surface area contributed by atoms with Crippen LogP contribution in [0.3, 0.4) is 0 Å². The van der Waals surface area contributed by atoms with Gasteiger partial charge in [0.05, 0.1) is 11.1 Å². The first kappa shape index (κ1) is 20.1. The lowest BCUT2D eigenvalue weighted by molar-refractivity contribution is 0.259. The lowest BCUT2D eigenvalue weighted by Crippen LogP contribution is -2.28. The molecule has 8 heteroatoms. The Balaban J connectivity index is 1.60. The molecule has 0 N–H and O–H groups in total. The SMILES string of the molecule is CCOc1ccc(-c2nn3c(=O)c(=CC4=Cc5ccccc5OC4C)sc3nc2=O)cc1. The molecule has 0 radical (unpaired) electrons. The number of fused-ring (bicyclic) bond motifs is 2. The molecule has 0 spiro atoms. The Bertz CT molecular complexity index is 1520. The van der Waals surface area contributed by atoms with Gasteiger partial charge in [0.25, 0.3) is 5.56 Å². The molecule has 2 aromatic carbocycles. The summed E-state index contributed by atoms with van der Waals surface area (Å²) in [5, 5.41) is 4.32. The molecule has 32 heavy (non-hydrogen) atoms. The van der Waals surface area contributed by atoms with Crippen LogP contribution in [0.2, 0.25) is 0 Å². The standard InChI is InChI=1S/C24H19N3O4S/c1-3-30-18-10-8-15(9-11-18)21-22(28)25-24-27(26-21)23(29)20(32-24)13-17-12-16-6-4-5-7-19(16)31-14(17)2/h4-14H,3H2,1-2H3. The zero-order chi connectivity index (χ0) is 22.2. The maximum Gasteiger partial charge on any atom is 0.300 e. The van der Waals surface area contributed by atoms with Gasteiger partial charge < -0.3 is 9.47 Å². The van der Waals surface area contributed by atoms with Crippen molar-refractivity contribution in [1.29, 1.82) is 0 Å². The van der Waals surface area contributed by atoms with E-state index in [0.29, 0.717) is 22.5 Å². The van der Waals surface area contributed by atoms with Crippen LogP contribution in [-0.2, 0) is 0 Å². The third-order valence-electron chi connectivity index (χ3n) is 5.14. The number of benzene rings is 2. The van der Waals surface area contributed by atoms with E-state index in [1.807, 2.05) is 44.2 Å². The maximum absolute atomic E-state index is 13.0. The van der Waals surface area contributed by atoms with Crippen molar-refractivity contribution in [2.24, 2.45) is 0 Å². The second-order valence-corrected chi connectivity index (χ2v) is 8.28. The zero-order valence-electron chi connectivity index (χ0n) is 17.4. The quantitative estimate of drug-likeness (QED) is 0.480. The summed E-state index contributed by atoms with van der Waals surface area (Å²) in [6.07, 6.45) is 3.57. The Morgan fingerprint density at radius 1 is 1.16 bits per heavy atom. The average Bonchev–Trinajstić information content (AvgIpc) is 3.08. The largest absolute Gasteiger partial charge is 0.494 e.